The molecule has 0 aliphatic carbocycles. The van der Waals surface area contributed by atoms with Gasteiger partial charge in [-0.25, -0.2) is 4.98 Å². The van der Waals surface area contributed by atoms with Gasteiger partial charge in [-0.15, -0.1) is 0 Å². The van der Waals surface area contributed by atoms with Crippen molar-refractivity contribution in [1.82, 2.24) is 14.3 Å². The molecule has 0 aliphatic rings. The number of ether oxygens (including phenoxy) is 1. The number of anilines is 2. The van der Waals surface area contributed by atoms with Crippen LogP contribution in [0.5, 0.6) is 17.2 Å². The van der Waals surface area contributed by atoms with E-state index in [1.54, 1.807) is 24.3 Å². The van der Waals surface area contributed by atoms with E-state index in [2.05, 4.69) is 9.97 Å². The molecule has 0 saturated carbocycles. The second-order valence-corrected chi connectivity index (χ2v) is 8.84. The summed E-state index contributed by atoms with van der Waals surface area (Å²) in [5.74, 6) is 0.840. The fourth-order valence-electron chi connectivity index (χ4n) is 2.97. The fourth-order valence-corrected chi connectivity index (χ4v) is 3.48. The molecule has 0 unspecified atom stereocenters. The molecule has 0 bridgehead atoms. The number of nitrogen functional groups attached to an aromatic ring is 2. The van der Waals surface area contributed by atoms with Crippen LogP contribution in [0.15, 0.2) is 42.6 Å². The van der Waals surface area contributed by atoms with Crippen LogP contribution in [0.4, 0.5) is 11.8 Å². The van der Waals surface area contributed by atoms with Crippen molar-refractivity contribution in [2.75, 3.05) is 32.2 Å². The maximum atomic E-state index is 12.5. The molecule has 3 aromatic rings. The van der Waals surface area contributed by atoms with Gasteiger partial charge in [0.25, 0.3) is 0 Å². The van der Waals surface area contributed by atoms with E-state index >= 15 is 0 Å². The quantitative estimate of drug-likeness (QED) is 0.460. The first-order valence-corrected chi connectivity index (χ1v) is 11.0. The third kappa shape index (κ3) is 5.18. The van der Waals surface area contributed by atoms with Crippen LogP contribution in [-0.4, -0.2) is 48.5 Å². The summed E-state index contributed by atoms with van der Waals surface area (Å²) in [6.07, 6.45) is 1.81. The van der Waals surface area contributed by atoms with E-state index in [1.807, 2.05) is 6.92 Å². The molecular weight excluding hydrogens is 434 g/mol. The highest BCUT2D eigenvalue weighted by Crippen LogP contribution is 2.41. The van der Waals surface area contributed by atoms with Crippen molar-refractivity contribution in [1.29, 1.82) is 0 Å². The largest absolute Gasteiger partial charge is 0.508 e. The molecule has 170 valence electrons. The second kappa shape index (κ2) is 9.28. The Morgan fingerprint density at radius 2 is 1.75 bits per heavy atom. The summed E-state index contributed by atoms with van der Waals surface area (Å²) in [4.78, 5) is 7.93. The lowest BCUT2D eigenvalue weighted by molar-refractivity contribution is 0.340. The molecule has 1 aromatic heterocycles. The minimum atomic E-state index is -4.06. The molecule has 10 nitrogen and oxygen atoms in total. The lowest BCUT2D eigenvalue weighted by Gasteiger charge is -2.19. The summed E-state index contributed by atoms with van der Waals surface area (Å²) in [6, 6.07) is 9.66. The minimum absolute atomic E-state index is 0.0602. The van der Waals surface area contributed by atoms with Crippen molar-refractivity contribution in [3.63, 3.8) is 0 Å². The monoisotopic (exact) mass is 459 g/mol. The van der Waals surface area contributed by atoms with Gasteiger partial charge in [0.1, 0.15) is 17.3 Å². The number of aromatic hydroxyl groups is 1. The zero-order chi connectivity index (χ0) is 23.5. The summed E-state index contributed by atoms with van der Waals surface area (Å²) >= 11 is 0. The smallest absolute Gasteiger partial charge is 0.384 e. The van der Waals surface area contributed by atoms with Gasteiger partial charge in [-0.1, -0.05) is 12.1 Å². The van der Waals surface area contributed by atoms with Gasteiger partial charge < -0.3 is 25.5 Å². The number of hydrogen-bond acceptors (Lipinski definition) is 9. The molecule has 0 atom stereocenters. The standard InChI is InChI=1S/C21H25N5O5S/c1-4-30-17-10-13(9-15-12-24-21(23)25-20(15)22)11-18(31-32(28,29)26(2)3)19(17)14-5-7-16(27)8-6-14/h5-8,10-12,27H,4,9H2,1-3H3,(H4,22,23,24,25). The van der Waals surface area contributed by atoms with Gasteiger partial charge in [0.2, 0.25) is 5.95 Å². The first kappa shape index (κ1) is 23.1. The van der Waals surface area contributed by atoms with Gasteiger partial charge in [-0.2, -0.15) is 17.7 Å². The maximum absolute atomic E-state index is 12.5. The van der Waals surface area contributed by atoms with Crippen LogP contribution in [0, 0.1) is 0 Å². The molecule has 0 spiro atoms. The number of aromatic nitrogens is 2. The van der Waals surface area contributed by atoms with Crippen molar-refractivity contribution < 1.29 is 22.4 Å². The van der Waals surface area contributed by atoms with Crippen LogP contribution in [0.1, 0.15) is 18.1 Å². The molecule has 0 aliphatic heterocycles. The average molecular weight is 460 g/mol. The van der Waals surface area contributed by atoms with E-state index in [0.717, 1.165) is 4.31 Å². The summed E-state index contributed by atoms with van der Waals surface area (Å²) < 4.78 is 37.3. The van der Waals surface area contributed by atoms with E-state index in [-0.39, 0.29) is 23.3 Å². The predicted octanol–water partition coefficient (Wildman–Crippen LogP) is 2.19. The highest BCUT2D eigenvalue weighted by Gasteiger charge is 2.23. The van der Waals surface area contributed by atoms with E-state index in [1.165, 1.54) is 32.4 Å². The Morgan fingerprint density at radius 3 is 2.34 bits per heavy atom. The van der Waals surface area contributed by atoms with Gasteiger partial charge >= 0.3 is 10.3 Å². The molecule has 1 heterocycles. The van der Waals surface area contributed by atoms with Crippen LogP contribution in [-0.2, 0) is 16.7 Å². The van der Waals surface area contributed by atoms with E-state index < -0.39 is 10.3 Å². The van der Waals surface area contributed by atoms with Crippen molar-refractivity contribution in [3.05, 3.63) is 53.7 Å². The lowest BCUT2D eigenvalue weighted by atomic mass is 9.98. The molecule has 32 heavy (non-hydrogen) atoms. The first-order valence-electron chi connectivity index (χ1n) is 9.68. The van der Waals surface area contributed by atoms with Crippen LogP contribution >= 0.6 is 0 Å². The summed E-state index contributed by atoms with van der Waals surface area (Å²) in [7, 11) is -1.32. The number of benzene rings is 2. The van der Waals surface area contributed by atoms with Gasteiger partial charge in [0.05, 0.1) is 12.2 Å². The highest BCUT2D eigenvalue weighted by atomic mass is 32.2. The predicted molar refractivity (Wildman–Crippen MR) is 122 cm³/mol. The van der Waals surface area contributed by atoms with Gasteiger partial charge in [0.15, 0.2) is 5.75 Å². The Hall–Kier alpha value is -3.57. The zero-order valence-corrected chi connectivity index (χ0v) is 18.8. The molecule has 0 amide bonds. The lowest BCUT2D eigenvalue weighted by Crippen LogP contribution is -2.27. The fraction of sp³-hybridized carbons (Fsp3) is 0.238. The summed E-state index contributed by atoms with van der Waals surface area (Å²) in [5.41, 5.74) is 13.9. The van der Waals surface area contributed by atoms with E-state index in [9.17, 15) is 13.5 Å². The Morgan fingerprint density at radius 1 is 1.09 bits per heavy atom. The number of rotatable bonds is 8. The molecule has 0 radical (unpaired) electrons. The van der Waals surface area contributed by atoms with Crippen LogP contribution in [0.25, 0.3) is 11.1 Å². The van der Waals surface area contributed by atoms with E-state index in [0.29, 0.717) is 41.0 Å². The molecule has 11 heteroatoms. The number of nitrogens with zero attached hydrogens (tertiary/aromatic N) is 3. The third-order valence-corrected chi connectivity index (χ3v) is 5.82. The Balaban J connectivity index is 2.19. The molecule has 0 fully saturated rings. The Kier molecular flexibility index (Phi) is 6.70. The van der Waals surface area contributed by atoms with Crippen molar-refractivity contribution in [2.45, 2.75) is 13.3 Å². The maximum Gasteiger partial charge on any atom is 0.384 e. The van der Waals surface area contributed by atoms with Gasteiger partial charge in [-0.3, -0.25) is 0 Å². The van der Waals surface area contributed by atoms with Crippen LogP contribution in [0.3, 0.4) is 0 Å². The van der Waals surface area contributed by atoms with Gasteiger partial charge in [-0.05, 0) is 42.3 Å². The molecule has 5 N–H and O–H groups in total. The number of phenolic OH excluding ortho intramolecular Hbond substituents is 1. The summed E-state index contributed by atoms with van der Waals surface area (Å²) in [5, 5.41) is 9.66. The molecule has 0 saturated heterocycles. The highest BCUT2D eigenvalue weighted by molar-refractivity contribution is 7.84. The zero-order valence-electron chi connectivity index (χ0n) is 17.9. The molecule has 2 aromatic carbocycles. The SMILES string of the molecule is CCOc1cc(Cc2cnc(N)nc2N)cc(OS(=O)(=O)N(C)C)c1-c1ccc(O)cc1. The van der Waals surface area contributed by atoms with Crippen molar-refractivity contribution in [2.24, 2.45) is 0 Å². The van der Waals surface area contributed by atoms with Crippen LogP contribution in [0.2, 0.25) is 0 Å². The van der Waals surface area contributed by atoms with Crippen molar-refractivity contribution in [3.8, 4) is 28.4 Å². The van der Waals surface area contributed by atoms with E-state index in [4.69, 9.17) is 20.4 Å². The Labute approximate surface area is 186 Å². The topological polar surface area (TPSA) is 154 Å². The second-order valence-electron chi connectivity index (χ2n) is 7.09. The Bertz CT molecular complexity index is 1210. The third-order valence-electron chi connectivity index (χ3n) is 4.54. The molecule has 3 rings (SSSR count). The van der Waals surface area contributed by atoms with Crippen LogP contribution < -0.4 is 20.4 Å². The number of nitrogens with two attached hydrogens (primary N) is 2. The number of hydrogen-bond donors (Lipinski definition) is 3. The van der Waals surface area contributed by atoms with Crippen molar-refractivity contribution >= 4 is 22.1 Å². The van der Waals surface area contributed by atoms with Gasteiger partial charge in [0, 0.05) is 32.3 Å². The normalized spacial score (nSPS) is 11.5. The number of phenols is 1. The summed E-state index contributed by atoms with van der Waals surface area (Å²) in [6.45, 7) is 2.15. The first-order chi connectivity index (χ1) is 15.1. The molecular formula is C21H25N5O5S. The average Bonchev–Trinajstić information content (AvgIpc) is 2.71. The minimum Gasteiger partial charge on any atom is -0.508 e.